The topological polar surface area (TPSA) is 26.3 Å². The lowest BCUT2D eigenvalue weighted by molar-refractivity contribution is -0.160. The first-order valence-electron chi connectivity index (χ1n) is 6.12. The maximum absolute atomic E-state index is 11.7. The molecule has 0 radical (unpaired) electrons. The molecule has 0 aromatic heterocycles. The highest BCUT2D eigenvalue weighted by Crippen LogP contribution is 2.29. The molecule has 0 heterocycles. The molecule has 0 N–H and O–H groups in total. The first kappa shape index (κ1) is 12.5. The van der Waals surface area contributed by atoms with Crippen molar-refractivity contribution in [3.63, 3.8) is 0 Å². The van der Waals surface area contributed by atoms with Gasteiger partial charge in [0.15, 0.2) is 0 Å². The van der Waals surface area contributed by atoms with Gasteiger partial charge in [-0.2, -0.15) is 0 Å². The number of hydrogen-bond acceptors (Lipinski definition) is 2. The van der Waals surface area contributed by atoms with Gasteiger partial charge in [0.25, 0.3) is 0 Å². The normalized spacial score (nSPS) is 21.1. The van der Waals surface area contributed by atoms with Crippen molar-refractivity contribution in [3.05, 3.63) is 0 Å². The van der Waals surface area contributed by atoms with Crippen LogP contribution in [0.5, 0.6) is 0 Å². The Balaban J connectivity index is 2.40. The molecule has 1 aliphatic rings. The first-order chi connectivity index (χ1) is 6.91. The van der Waals surface area contributed by atoms with Gasteiger partial charge in [0.05, 0.1) is 5.41 Å². The monoisotopic (exact) mass is 212 g/mol. The SMILES string of the molecule is CC(OC(=O)C(C)(C)C)C1CCCCC1. The maximum Gasteiger partial charge on any atom is 0.311 e. The van der Waals surface area contributed by atoms with E-state index in [1.165, 1.54) is 32.1 Å². The number of ether oxygens (including phenoxy) is 1. The van der Waals surface area contributed by atoms with Gasteiger partial charge in [-0.25, -0.2) is 0 Å². The van der Waals surface area contributed by atoms with Gasteiger partial charge in [-0.1, -0.05) is 19.3 Å². The Morgan fingerprint density at radius 1 is 1.20 bits per heavy atom. The van der Waals surface area contributed by atoms with Crippen LogP contribution in [0, 0.1) is 11.3 Å². The van der Waals surface area contributed by atoms with Crippen LogP contribution >= 0.6 is 0 Å². The van der Waals surface area contributed by atoms with Crippen molar-refractivity contribution in [3.8, 4) is 0 Å². The van der Waals surface area contributed by atoms with Gasteiger partial charge in [-0.3, -0.25) is 4.79 Å². The van der Waals surface area contributed by atoms with Crippen LogP contribution in [-0.4, -0.2) is 12.1 Å². The summed E-state index contributed by atoms with van der Waals surface area (Å²) in [6.07, 6.45) is 6.47. The Kier molecular flexibility index (Phi) is 4.18. The average Bonchev–Trinajstić information content (AvgIpc) is 2.17. The van der Waals surface area contributed by atoms with Crippen LogP contribution in [0.3, 0.4) is 0 Å². The lowest BCUT2D eigenvalue weighted by Gasteiger charge is -2.29. The molecule has 0 amide bonds. The summed E-state index contributed by atoms with van der Waals surface area (Å²) in [6, 6.07) is 0. The summed E-state index contributed by atoms with van der Waals surface area (Å²) in [5.74, 6) is 0.519. The quantitative estimate of drug-likeness (QED) is 0.654. The Bertz CT molecular complexity index is 209. The lowest BCUT2D eigenvalue weighted by atomic mass is 9.85. The van der Waals surface area contributed by atoms with Crippen molar-refractivity contribution in [2.45, 2.75) is 65.9 Å². The first-order valence-corrected chi connectivity index (χ1v) is 6.12. The van der Waals surface area contributed by atoms with E-state index < -0.39 is 0 Å². The number of rotatable bonds is 2. The van der Waals surface area contributed by atoms with Gasteiger partial charge >= 0.3 is 5.97 Å². The molecule has 2 heteroatoms. The van der Waals surface area contributed by atoms with Gasteiger partial charge in [-0.15, -0.1) is 0 Å². The molecule has 1 unspecified atom stereocenters. The third-order valence-electron chi connectivity index (χ3n) is 3.22. The smallest absolute Gasteiger partial charge is 0.311 e. The van der Waals surface area contributed by atoms with Crippen LogP contribution in [0.25, 0.3) is 0 Å². The van der Waals surface area contributed by atoms with Gasteiger partial charge in [0, 0.05) is 0 Å². The van der Waals surface area contributed by atoms with E-state index in [9.17, 15) is 4.79 Å². The van der Waals surface area contributed by atoms with E-state index in [-0.39, 0.29) is 17.5 Å². The van der Waals surface area contributed by atoms with E-state index in [4.69, 9.17) is 4.74 Å². The Morgan fingerprint density at radius 2 is 1.73 bits per heavy atom. The van der Waals surface area contributed by atoms with Gasteiger partial charge in [-0.05, 0) is 46.5 Å². The van der Waals surface area contributed by atoms with Gasteiger partial charge < -0.3 is 4.74 Å². The van der Waals surface area contributed by atoms with E-state index >= 15 is 0 Å². The Labute approximate surface area is 93.4 Å². The predicted octanol–water partition coefficient (Wildman–Crippen LogP) is 3.54. The molecule has 88 valence electrons. The Morgan fingerprint density at radius 3 is 2.20 bits per heavy atom. The van der Waals surface area contributed by atoms with Crippen LogP contribution in [0.15, 0.2) is 0 Å². The summed E-state index contributed by atoms with van der Waals surface area (Å²) in [5.41, 5.74) is -0.372. The standard InChI is InChI=1S/C13H24O2/c1-10(11-8-6-5-7-9-11)15-12(14)13(2,3)4/h10-11H,5-9H2,1-4H3. The van der Waals surface area contributed by atoms with E-state index in [1.54, 1.807) is 0 Å². The molecule has 0 saturated heterocycles. The van der Waals surface area contributed by atoms with E-state index in [0.29, 0.717) is 5.92 Å². The summed E-state index contributed by atoms with van der Waals surface area (Å²) in [6.45, 7) is 7.76. The average molecular weight is 212 g/mol. The number of hydrogen-bond donors (Lipinski definition) is 0. The van der Waals surface area contributed by atoms with E-state index in [1.807, 2.05) is 27.7 Å². The molecular weight excluding hydrogens is 188 g/mol. The fraction of sp³-hybridized carbons (Fsp3) is 0.923. The fourth-order valence-electron chi connectivity index (χ4n) is 2.05. The molecule has 0 bridgehead atoms. The van der Waals surface area contributed by atoms with Crippen molar-refractivity contribution in [1.82, 2.24) is 0 Å². The van der Waals surface area contributed by atoms with Crippen molar-refractivity contribution in [1.29, 1.82) is 0 Å². The number of carbonyl (C=O) groups is 1. The summed E-state index contributed by atoms with van der Waals surface area (Å²) < 4.78 is 5.52. The summed E-state index contributed by atoms with van der Waals surface area (Å²) in [5, 5.41) is 0. The summed E-state index contributed by atoms with van der Waals surface area (Å²) in [7, 11) is 0. The molecule has 1 saturated carbocycles. The lowest BCUT2D eigenvalue weighted by Crippen LogP contribution is -2.31. The molecule has 15 heavy (non-hydrogen) atoms. The molecule has 1 fully saturated rings. The third kappa shape index (κ3) is 3.84. The highest BCUT2D eigenvalue weighted by atomic mass is 16.5. The molecule has 1 aliphatic carbocycles. The number of esters is 1. The predicted molar refractivity (Wildman–Crippen MR) is 61.6 cm³/mol. The van der Waals surface area contributed by atoms with Crippen LogP contribution in [0.4, 0.5) is 0 Å². The van der Waals surface area contributed by atoms with Crippen LogP contribution in [-0.2, 0) is 9.53 Å². The molecule has 1 rings (SSSR count). The largest absolute Gasteiger partial charge is 0.462 e. The second-order valence-electron chi connectivity index (χ2n) is 5.76. The zero-order valence-corrected chi connectivity index (χ0v) is 10.5. The van der Waals surface area contributed by atoms with Crippen molar-refractivity contribution in [2.24, 2.45) is 11.3 Å². The van der Waals surface area contributed by atoms with E-state index in [2.05, 4.69) is 0 Å². The molecule has 1 atom stereocenters. The van der Waals surface area contributed by atoms with Crippen molar-refractivity contribution in [2.75, 3.05) is 0 Å². The highest BCUT2D eigenvalue weighted by Gasteiger charge is 2.28. The molecule has 0 aromatic rings. The second kappa shape index (κ2) is 5.00. The minimum Gasteiger partial charge on any atom is -0.462 e. The third-order valence-corrected chi connectivity index (χ3v) is 3.22. The second-order valence-corrected chi connectivity index (χ2v) is 5.76. The van der Waals surface area contributed by atoms with Crippen LogP contribution in [0.1, 0.15) is 59.8 Å². The zero-order chi connectivity index (χ0) is 11.5. The van der Waals surface area contributed by atoms with Gasteiger partial charge in [0.2, 0.25) is 0 Å². The van der Waals surface area contributed by atoms with Crippen LogP contribution < -0.4 is 0 Å². The molecule has 2 nitrogen and oxygen atoms in total. The molecule has 0 spiro atoms. The maximum atomic E-state index is 11.7. The minimum absolute atomic E-state index is 0.0689. The Hall–Kier alpha value is -0.530. The number of carbonyl (C=O) groups excluding carboxylic acids is 1. The van der Waals surface area contributed by atoms with Crippen molar-refractivity contribution < 1.29 is 9.53 Å². The zero-order valence-electron chi connectivity index (χ0n) is 10.5. The molecule has 0 aliphatic heterocycles. The van der Waals surface area contributed by atoms with Crippen molar-refractivity contribution >= 4 is 5.97 Å². The van der Waals surface area contributed by atoms with Crippen LogP contribution in [0.2, 0.25) is 0 Å². The highest BCUT2D eigenvalue weighted by molar-refractivity contribution is 5.75. The molecular formula is C13H24O2. The molecule has 0 aromatic carbocycles. The summed E-state index contributed by atoms with van der Waals surface area (Å²) in [4.78, 5) is 11.7. The fourth-order valence-corrected chi connectivity index (χ4v) is 2.05. The van der Waals surface area contributed by atoms with E-state index in [0.717, 1.165) is 0 Å². The van der Waals surface area contributed by atoms with Gasteiger partial charge in [0.1, 0.15) is 6.10 Å². The minimum atomic E-state index is -0.372. The summed E-state index contributed by atoms with van der Waals surface area (Å²) >= 11 is 0.